The maximum atomic E-state index is 5.80. The fraction of sp³-hybridized carbons (Fsp3) is 0.750. The standard InChI is InChI=1S/C8H12Cl2Si/c9-8(10)11-7-4-5-1-2-6(7)3-5/h1-2,5-8H,3-4,11H2. The van der Waals surface area contributed by atoms with Crippen molar-refractivity contribution in [2.24, 2.45) is 11.8 Å². The third kappa shape index (κ3) is 1.66. The Balaban J connectivity index is 1.93. The van der Waals surface area contributed by atoms with Crippen molar-refractivity contribution in [3.05, 3.63) is 12.2 Å². The molecule has 2 bridgehead atoms. The van der Waals surface area contributed by atoms with Crippen molar-refractivity contribution >= 4 is 32.7 Å². The van der Waals surface area contributed by atoms with Crippen molar-refractivity contribution in [2.45, 2.75) is 22.8 Å². The van der Waals surface area contributed by atoms with Crippen molar-refractivity contribution in [3.63, 3.8) is 0 Å². The Morgan fingerprint density at radius 2 is 2.09 bits per heavy atom. The second kappa shape index (κ2) is 3.12. The zero-order valence-electron chi connectivity index (χ0n) is 6.34. The lowest BCUT2D eigenvalue weighted by atomic mass is 10.1. The van der Waals surface area contributed by atoms with Gasteiger partial charge in [-0.05, 0) is 30.2 Å². The molecule has 0 radical (unpaired) electrons. The molecule has 0 aliphatic heterocycles. The molecular weight excluding hydrogens is 195 g/mol. The zero-order chi connectivity index (χ0) is 7.84. The normalized spacial score (nSPS) is 41.9. The van der Waals surface area contributed by atoms with E-state index in [1.807, 2.05) is 0 Å². The molecule has 62 valence electrons. The number of halogens is 2. The smallest absolute Gasteiger partial charge is 0.0910 e. The van der Waals surface area contributed by atoms with Gasteiger partial charge < -0.3 is 0 Å². The summed E-state index contributed by atoms with van der Waals surface area (Å²) in [6.45, 7) is 0. The van der Waals surface area contributed by atoms with E-state index in [0.717, 1.165) is 17.4 Å². The first kappa shape index (κ1) is 8.15. The summed E-state index contributed by atoms with van der Waals surface area (Å²) in [5, 5.41) is 0. The van der Waals surface area contributed by atoms with Crippen molar-refractivity contribution < 1.29 is 0 Å². The Kier molecular flexibility index (Phi) is 2.31. The zero-order valence-corrected chi connectivity index (χ0v) is 9.27. The van der Waals surface area contributed by atoms with Gasteiger partial charge in [-0.1, -0.05) is 12.2 Å². The summed E-state index contributed by atoms with van der Waals surface area (Å²) in [4.78, 5) is 0. The van der Waals surface area contributed by atoms with Gasteiger partial charge in [0.25, 0.3) is 0 Å². The van der Waals surface area contributed by atoms with E-state index in [2.05, 4.69) is 12.2 Å². The number of hydrogen-bond acceptors (Lipinski definition) is 0. The van der Waals surface area contributed by atoms with E-state index in [9.17, 15) is 0 Å². The molecule has 2 aliphatic rings. The molecule has 0 saturated heterocycles. The quantitative estimate of drug-likeness (QED) is 0.370. The molecule has 0 nitrogen and oxygen atoms in total. The summed E-state index contributed by atoms with van der Waals surface area (Å²) in [5.74, 6) is 1.73. The number of hydrogen-bond donors (Lipinski definition) is 0. The molecule has 0 aromatic heterocycles. The molecule has 2 aliphatic carbocycles. The summed E-state index contributed by atoms with van der Waals surface area (Å²) in [6, 6.07) is 0. The summed E-state index contributed by atoms with van der Waals surface area (Å²) in [7, 11) is -0.226. The third-order valence-electron chi connectivity index (χ3n) is 2.90. The first-order chi connectivity index (χ1) is 5.25. The molecule has 0 heterocycles. The fourth-order valence-electron chi connectivity index (χ4n) is 2.39. The predicted molar refractivity (Wildman–Crippen MR) is 53.1 cm³/mol. The van der Waals surface area contributed by atoms with Crippen molar-refractivity contribution in [3.8, 4) is 0 Å². The molecule has 11 heavy (non-hydrogen) atoms. The highest BCUT2D eigenvalue weighted by atomic mass is 35.5. The molecule has 0 aromatic carbocycles. The highest BCUT2D eigenvalue weighted by Crippen LogP contribution is 2.47. The lowest BCUT2D eigenvalue weighted by Crippen LogP contribution is -2.14. The van der Waals surface area contributed by atoms with E-state index in [1.54, 1.807) is 0 Å². The van der Waals surface area contributed by atoms with Gasteiger partial charge in [-0.25, -0.2) is 0 Å². The minimum absolute atomic E-state index is 0.0206. The van der Waals surface area contributed by atoms with Crippen LogP contribution in [0.25, 0.3) is 0 Å². The van der Waals surface area contributed by atoms with Crippen molar-refractivity contribution in [2.75, 3.05) is 0 Å². The Labute approximate surface area is 79.8 Å². The second-order valence-electron chi connectivity index (χ2n) is 3.67. The average Bonchev–Trinajstić information content (AvgIpc) is 2.45. The van der Waals surface area contributed by atoms with Gasteiger partial charge in [-0.15, -0.1) is 23.2 Å². The maximum Gasteiger partial charge on any atom is 0.0910 e. The highest BCUT2D eigenvalue weighted by Gasteiger charge is 2.36. The van der Waals surface area contributed by atoms with Crippen LogP contribution in [0.4, 0.5) is 0 Å². The van der Waals surface area contributed by atoms with Gasteiger partial charge >= 0.3 is 0 Å². The molecule has 2 rings (SSSR count). The minimum Gasteiger partial charge on any atom is -0.110 e. The van der Waals surface area contributed by atoms with Crippen LogP contribution in [0.5, 0.6) is 0 Å². The Bertz CT molecular complexity index is 179. The monoisotopic (exact) mass is 206 g/mol. The van der Waals surface area contributed by atoms with Crippen LogP contribution in [0.2, 0.25) is 5.54 Å². The molecule has 0 N–H and O–H groups in total. The SMILES string of the molecule is ClC(Cl)[SiH2]C1CC2C=CC1C2. The van der Waals surface area contributed by atoms with E-state index in [-0.39, 0.29) is 14.0 Å². The number of rotatable bonds is 2. The van der Waals surface area contributed by atoms with Crippen LogP contribution in [0.3, 0.4) is 0 Å². The van der Waals surface area contributed by atoms with Crippen LogP contribution < -0.4 is 0 Å². The van der Waals surface area contributed by atoms with Crippen LogP contribution in [0.15, 0.2) is 12.2 Å². The Morgan fingerprint density at radius 3 is 2.55 bits per heavy atom. The van der Waals surface area contributed by atoms with Crippen molar-refractivity contribution in [1.29, 1.82) is 0 Å². The molecule has 3 atom stereocenters. The van der Waals surface area contributed by atoms with Gasteiger partial charge in [0.15, 0.2) is 0 Å². The van der Waals surface area contributed by atoms with Crippen LogP contribution in [-0.2, 0) is 0 Å². The third-order valence-corrected chi connectivity index (χ3v) is 5.87. The van der Waals surface area contributed by atoms with E-state index < -0.39 is 0 Å². The van der Waals surface area contributed by atoms with Gasteiger partial charge in [0.05, 0.1) is 14.0 Å². The van der Waals surface area contributed by atoms with Crippen LogP contribution in [0.1, 0.15) is 12.8 Å². The number of allylic oxidation sites excluding steroid dienone is 2. The minimum atomic E-state index is -0.226. The lowest BCUT2D eigenvalue weighted by Gasteiger charge is -2.17. The Morgan fingerprint density at radius 1 is 1.27 bits per heavy atom. The fourth-order valence-corrected chi connectivity index (χ4v) is 5.55. The van der Waals surface area contributed by atoms with Gasteiger partial charge in [0.2, 0.25) is 0 Å². The number of alkyl halides is 2. The lowest BCUT2D eigenvalue weighted by molar-refractivity contribution is 0.689. The first-order valence-electron chi connectivity index (χ1n) is 4.22. The van der Waals surface area contributed by atoms with Gasteiger partial charge in [-0.3, -0.25) is 0 Å². The van der Waals surface area contributed by atoms with E-state index in [4.69, 9.17) is 23.2 Å². The van der Waals surface area contributed by atoms with Crippen LogP contribution >= 0.6 is 23.2 Å². The molecule has 3 unspecified atom stereocenters. The molecular formula is C8H12Cl2Si. The number of fused-ring (bicyclic) bond motifs is 2. The maximum absolute atomic E-state index is 5.80. The van der Waals surface area contributed by atoms with Gasteiger partial charge in [0, 0.05) is 0 Å². The average molecular weight is 207 g/mol. The summed E-state index contributed by atoms with van der Waals surface area (Å²) in [5.41, 5.74) is 0.907. The van der Waals surface area contributed by atoms with E-state index in [0.29, 0.717) is 0 Å². The largest absolute Gasteiger partial charge is 0.110 e. The molecule has 1 fully saturated rings. The van der Waals surface area contributed by atoms with Gasteiger partial charge in [-0.2, -0.15) is 0 Å². The van der Waals surface area contributed by atoms with E-state index in [1.165, 1.54) is 12.8 Å². The van der Waals surface area contributed by atoms with E-state index >= 15 is 0 Å². The van der Waals surface area contributed by atoms with Crippen molar-refractivity contribution in [1.82, 2.24) is 0 Å². The highest BCUT2D eigenvalue weighted by molar-refractivity contribution is 6.69. The Hall–Kier alpha value is 0.537. The van der Waals surface area contributed by atoms with Crippen LogP contribution in [0, 0.1) is 11.8 Å². The molecule has 0 aromatic rings. The second-order valence-corrected chi connectivity index (χ2v) is 8.32. The molecule has 3 heteroatoms. The predicted octanol–water partition coefficient (Wildman–Crippen LogP) is 2.30. The van der Waals surface area contributed by atoms with Crippen LogP contribution in [-0.4, -0.2) is 14.0 Å². The molecule has 1 saturated carbocycles. The molecule has 0 amide bonds. The topological polar surface area (TPSA) is 0 Å². The summed E-state index contributed by atoms with van der Waals surface area (Å²) >= 11 is 11.6. The van der Waals surface area contributed by atoms with Gasteiger partial charge in [0.1, 0.15) is 0 Å². The summed E-state index contributed by atoms with van der Waals surface area (Å²) < 4.78 is -0.0206. The summed E-state index contributed by atoms with van der Waals surface area (Å²) in [6.07, 6.45) is 7.51. The first-order valence-corrected chi connectivity index (χ1v) is 6.73. The molecule has 0 spiro atoms.